The largest absolute Gasteiger partial charge is 0.506 e. The average molecular weight is 377 g/mol. The molecule has 0 bridgehead atoms. The standard InChI is InChI=1S/C21H19N3O4/c25-18-12-3-1-2-4-13(12)19(26)16-15(18)20(27)14-11(9-23-17(14)21(16)28)10-24-7-5-22-6-8-24/h1-4,9,22-23,27-28H,5-8,10H2. The van der Waals surface area contributed by atoms with Gasteiger partial charge < -0.3 is 20.5 Å². The first-order valence-corrected chi connectivity index (χ1v) is 9.27. The van der Waals surface area contributed by atoms with Gasteiger partial charge in [-0.15, -0.1) is 0 Å². The van der Waals surface area contributed by atoms with Gasteiger partial charge in [-0.05, 0) is 5.56 Å². The first-order chi connectivity index (χ1) is 13.6. The van der Waals surface area contributed by atoms with E-state index in [1.54, 1.807) is 30.5 Å². The summed E-state index contributed by atoms with van der Waals surface area (Å²) < 4.78 is 0. The van der Waals surface area contributed by atoms with Crippen LogP contribution in [0.25, 0.3) is 10.9 Å². The zero-order valence-electron chi connectivity index (χ0n) is 15.1. The first-order valence-electron chi connectivity index (χ1n) is 9.27. The number of ketones is 2. The quantitative estimate of drug-likeness (QED) is 0.397. The maximum Gasteiger partial charge on any atom is 0.198 e. The van der Waals surface area contributed by atoms with E-state index in [0.29, 0.717) is 11.9 Å². The van der Waals surface area contributed by atoms with Crippen LogP contribution in [0.4, 0.5) is 0 Å². The van der Waals surface area contributed by atoms with Crippen LogP contribution in [0, 0.1) is 0 Å². The van der Waals surface area contributed by atoms with Crippen LogP contribution in [-0.2, 0) is 6.54 Å². The fraction of sp³-hybridized carbons (Fsp3) is 0.238. The van der Waals surface area contributed by atoms with Crippen LogP contribution in [0.1, 0.15) is 37.4 Å². The lowest BCUT2D eigenvalue weighted by Gasteiger charge is -2.27. The highest BCUT2D eigenvalue weighted by molar-refractivity contribution is 6.32. The van der Waals surface area contributed by atoms with Gasteiger partial charge in [-0.2, -0.15) is 0 Å². The van der Waals surface area contributed by atoms with Crippen molar-refractivity contribution in [1.82, 2.24) is 15.2 Å². The number of nitrogens with zero attached hydrogens (tertiary/aromatic N) is 1. The molecule has 2 heterocycles. The minimum atomic E-state index is -0.460. The third-order valence-corrected chi connectivity index (χ3v) is 5.63. The second kappa shape index (κ2) is 6.19. The number of H-pyrrole nitrogens is 1. The van der Waals surface area contributed by atoms with Gasteiger partial charge in [-0.25, -0.2) is 0 Å². The molecule has 3 aromatic rings. The Hall–Kier alpha value is -3.16. The van der Waals surface area contributed by atoms with Crippen molar-refractivity contribution in [3.63, 3.8) is 0 Å². The smallest absolute Gasteiger partial charge is 0.198 e. The van der Waals surface area contributed by atoms with Gasteiger partial charge in [0.1, 0.15) is 5.75 Å². The third kappa shape index (κ3) is 2.30. The Bertz CT molecular complexity index is 1140. The number of phenolic OH excluding ortho intramolecular Hbond substituents is 2. The summed E-state index contributed by atoms with van der Waals surface area (Å²) in [6, 6.07) is 6.48. The van der Waals surface area contributed by atoms with Gasteiger partial charge in [0, 0.05) is 50.0 Å². The summed E-state index contributed by atoms with van der Waals surface area (Å²) >= 11 is 0. The molecule has 2 aliphatic rings. The lowest BCUT2D eigenvalue weighted by molar-refractivity contribution is 0.0974. The Labute approximate surface area is 160 Å². The molecule has 0 saturated carbocycles. The van der Waals surface area contributed by atoms with Gasteiger partial charge in [-0.3, -0.25) is 14.5 Å². The molecular formula is C21H19N3O4. The third-order valence-electron chi connectivity index (χ3n) is 5.63. The average Bonchev–Trinajstić information content (AvgIpc) is 3.14. The van der Waals surface area contributed by atoms with Crippen LogP contribution in [0.2, 0.25) is 0 Å². The number of rotatable bonds is 2. The predicted molar refractivity (Wildman–Crippen MR) is 103 cm³/mol. The number of piperazine rings is 1. The Balaban J connectivity index is 1.71. The summed E-state index contributed by atoms with van der Waals surface area (Å²) in [6.07, 6.45) is 1.72. The molecule has 5 rings (SSSR count). The van der Waals surface area contributed by atoms with Crippen molar-refractivity contribution >= 4 is 22.5 Å². The number of aromatic nitrogens is 1. The molecule has 0 radical (unpaired) electrons. The van der Waals surface area contributed by atoms with Gasteiger partial charge in [0.25, 0.3) is 0 Å². The fourth-order valence-corrected chi connectivity index (χ4v) is 4.23. The van der Waals surface area contributed by atoms with Crippen molar-refractivity contribution in [3.05, 3.63) is 58.3 Å². The topological polar surface area (TPSA) is 106 Å². The lowest BCUT2D eigenvalue weighted by atomic mass is 9.82. The SMILES string of the molecule is O=C1c2ccccc2C(=O)c2c1c(O)c1[nH]cc(CN3CCNCC3)c1c2O. The Kier molecular flexibility index (Phi) is 3.75. The summed E-state index contributed by atoms with van der Waals surface area (Å²) in [5.74, 6) is -1.45. The van der Waals surface area contributed by atoms with E-state index in [1.807, 2.05) is 0 Å². The highest BCUT2D eigenvalue weighted by atomic mass is 16.3. The van der Waals surface area contributed by atoms with E-state index in [0.717, 1.165) is 31.7 Å². The number of carbonyl (C=O) groups is 2. The number of aromatic hydroxyl groups is 2. The van der Waals surface area contributed by atoms with Gasteiger partial charge in [0.2, 0.25) is 0 Å². The summed E-state index contributed by atoms with van der Waals surface area (Å²) in [6.45, 7) is 4.09. The van der Waals surface area contributed by atoms with Crippen molar-refractivity contribution in [2.75, 3.05) is 26.2 Å². The zero-order valence-corrected chi connectivity index (χ0v) is 15.1. The highest BCUT2D eigenvalue weighted by Crippen LogP contribution is 2.45. The van der Waals surface area contributed by atoms with Crippen LogP contribution >= 0.6 is 0 Å². The summed E-state index contributed by atoms with van der Waals surface area (Å²) in [4.78, 5) is 31.2. The number of phenols is 2. The number of nitrogens with one attached hydrogen (secondary N) is 2. The van der Waals surface area contributed by atoms with Gasteiger partial charge in [-0.1, -0.05) is 24.3 Å². The van der Waals surface area contributed by atoms with Crippen LogP contribution in [0.15, 0.2) is 30.5 Å². The van der Waals surface area contributed by atoms with E-state index in [1.165, 1.54) is 0 Å². The normalized spacial score (nSPS) is 17.0. The highest BCUT2D eigenvalue weighted by Gasteiger charge is 2.37. The number of fused-ring (bicyclic) bond motifs is 3. The minimum absolute atomic E-state index is 0.116. The van der Waals surface area contributed by atoms with Crippen LogP contribution in [-0.4, -0.2) is 57.8 Å². The van der Waals surface area contributed by atoms with Crippen molar-refractivity contribution < 1.29 is 19.8 Å². The van der Waals surface area contributed by atoms with Crippen molar-refractivity contribution in [3.8, 4) is 11.5 Å². The van der Waals surface area contributed by atoms with Gasteiger partial charge >= 0.3 is 0 Å². The number of benzene rings is 2. The summed E-state index contributed by atoms with van der Waals surface area (Å²) in [5.41, 5.74) is 1.29. The van der Waals surface area contributed by atoms with Crippen LogP contribution in [0.5, 0.6) is 11.5 Å². The molecule has 142 valence electrons. The molecule has 1 aliphatic heterocycles. The molecule has 2 aromatic carbocycles. The van der Waals surface area contributed by atoms with E-state index in [4.69, 9.17) is 0 Å². The van der Waals surface area contributed by atoms with E-state index in [9.17, 15) is 19.8 Å². The van der Waals surface area contributed by atoms with Crippen molar-refractivity contribution in [2.24, 2.45) is 0 Å². The monoisotopic (exact) mass is 377 g/mol. The minimum Gasteiger partial charge on any atom is -0.506 e. The first kappa shape index (κ1) is 17.0. The van der Waals surface area contributed by atoms with E-state index in [2.05, 4.69) is 15.2 Å². The van der Waals surface area contributed by atoms with E-state index < -0.39 is 11.6 Å². The maximum absolute atomic E-state index is 13.0. The second-order valence-electron chi connectivity index (χ2n) is 7.24. The van der Waals surface area contributed by atoms with E-state index >= 15 is 0 Å². The molecule has 1 aliphatic carbocycles. The Morgan fingerprint density at radius 1 is 0.929 bits per heavy atom. The molecule has 0 atom stereocenters. The molecule has 0 amide bonds. The number of carbonyl (C=O) groups excluding carboxylic acids is 2. The predicted octanol–water partition coefficient (Wildman–Crippen LogP) is 1.76. The molecule has 1 fully saturated rings. The molecule has 0 unspecified atom stereocenters. The maximum atomic E-state index is 13.0. The number of aromatic amines is 1. The molecule has 7 nitrogen and oxygen atoms in total. The Morgan fingerprint density at radius 2 is 1.54 bits per heavy atom. The van der Waals surface area contributed by atoms with Crippen LogP contribution in [0.3, 0.4) is 0 Å². The summed E-state index contributed by atoms with van der Waals surface area (Å²) in [5, 5.41) is 25.5. The Morgan fingerprint density at radius 3 is 2.18 bits per heavy atom. The van der Waals surface area contributed by atoms with Crippen molar-refractivity contribution in [1.29, 1.82) is 0 Å². The zero-order chi connectivity index (χ0) is 19.4. The molecule has 28 heavy (non-hydrogen) atoms. The molecular weight excluding hydrogens is 358 g/mol. The van der Waals surface area contributed by atoms with Gasteiger partial charge in [0.15, 0.2) is 17.3 Å². The summed E-state index contributed by atoms with van der Waals surface area (Å²) in [7, 11) is 0. The van der Waals surface area contributed by atoms with Crippen molar-refractivity contribution in [2.45, 2.75) is 6.54 Å². The van der Waals surface area contributed by atoms with Crippen LogP contribution < -0.4 is 5.32 Å². The molecule has 4 N–H and O–H groups in total. The lowest BCUT2D eigenvalue weighted by Crippen LogP contribution is -2.42. The number of hydrogen-bond donors (Lipinski definition) is 4. The number of hydrogen-bond acceptors (Lipinski definition) is 6. The fourth-order valence-electron chi connectivity index (χ4n) is 4.23. The molecule has 1 saturated heterocycles. The molecule has 0 spiro atoms. The second-order valence-corrected chi connectivity index (χ2v) is 7.24. The molecule has 7 heteroatoms. The van der Waals surface area contributed by atoms with Gasteiger partial charge in [0.05, 0.1) is 22.0 Å². The van der Waals surface area contributed by atoms with E-state index in [-0.39, 0.29) is 39.3 Å². The molecule has 1 aromatic heterocycles.